The third-order valence-corrected chi connectivity index (χ3v) is 4.94. The summed E-state index contributed by atoms with van der Waals surface area (Å²) in [5, 5.41) is 3.10. The molecule has 6 nitrogen and oxygen atoms in total. The van der Waals surface area contributed by atoms with Gasteiger partial charge in [0.1, 0.15) is 0 Å². The minimum atomic E-state index is -3.64. The van der Waals surface area contributed by atoms with E-state index in [0.29, 0.717) is 12.1 Å². The number of rotatable bonds is 4. The summed E-state index contributed by atoms with van der Waals surface area (Å²) in [7, 11) is -2.37. The van der Waals surface area contributed by atoms with Crippen molar-refractivity contribution < 1.29 is 17.9 Å². The van der Waals surface area contributed by atoms with E-state index in [1.54, 1.807) is 19.1 Å². The second kappa shape index (κ2) is 5.90. The van der Waals surface area contributed by atoms with Crippen molar-refractivity contribution in [2.75, 3.05) is 20.2 Å². The van der Waals surface area contributed by atoms with Crippen molar-refractivity contribution in [2.24, 2.45) is 0 Å². The van der Waals surface area contributed by atoms with Crippen LogP contribution in [0.5, 0.6) is 0 Å². The number of methoxy groups -OCH3 is 1. The number of hydrogen-bond donors (Lipinski definition) is 2. The normalized spacial score (nSPS) is 19.0. The maximum atomic E-state index is 12.4. The fourth-order valence-electron chi connectivity index (χ4n) is 2.17. The van der Waals surface area contributed by atoms with Gasteiger partial charge in [0.05, 0.1) is 17.6 Å². The summed E-state index contributed by atoms with van der Waals surface area (Å²) in [5.41, 5.74) is 0.819. The van der Waals surface area contributed by atoms with Gasteiger partial charge in [-0.3, -0.25) is 0 Å². The van der Waals surface area contributed by atoms with Gasteiger partial charge in [-0.25, -0.2) is 17.9 Å². The van der Waals surface area contributed by atoms with Gasteiger partial charge in [0.25, 0.3) is 0 Å². The summed E-state index contributed by atoms with van der Waals surface area (Å²) in [6.07, 6.45) is 0.759. The standard InChI is InChI=1S/C13H18N2O4S/c1-9-3-4-10(13(16)19-2)7-12(9)20(17,18)15-11-5-6-14-8-11/h3-4,7,11,14-15H,5-6,8H2,1-2H3/t11-/m1/s1. The average molecular weight is 298 g/mol. The van der Waals surface area contributed by atoms with E-state index in [4.69, 9.17) is 0 Å². The Morgan fingerprint density at radius 2 is 2.20 bits per heavy atom. The fourth-order valence-corrected chi connectivity index (χ4v) is 3.71. The number of carbonyl (C=O) groups excluding carboxylic acids is 1. The third-order valence-electron chi connectivity index (χ3n) is 3.28. The molecule has 0 unspecified atom stereocenters. The van der Waals surface area contributed by atoms with Crippen LogP contribution in [0.1, 0.15) is 22.3 Å². The fraction of sp³-hybridized carbons (Fsp3) is 0.462. The quantitative estimate of drug-likeness (QED) is 0.787. The average Bonchev–Trinajstić information content (AvgIpc) is 2.90. The summed E-state index contributed by atoms with van der Waals surface area (Å²) < 4.78 is 32.0. The lowest BCUT2D eigenvalue weighted by molar-refractivity contribution is 0.0600. The molecule has 1 aliphatic heterocycles. The number of esters is 1. The molecule has 0 amide bonds. The Bertz CT molecular complexity index is 607. The number of sulfonamides is 1. The molecule has 1 heterocycles. The zero-order valence-electron chi connectivity index (χ0n) is 11.5. The van der Waals surface area contributed by atoms with Crippen molar-refractivity contribution in [2.45, 2.75) is 24.3 Å². The molecular weight excluding hydrogens is 280 g/mol. The highest BCUT2D eigenvalue weighted by atomic mass is 32.2. The van der Waals surface area contributed by atoms with E-state index in [0.717, 1.165) is 13.0 Å². The Balaban J connectivity index is 2.32. The van der Waals surface area contributed by atoms with Crippen LogP contribution in [0.3, 0.4) is 0 Å². The highest BCUT2D eigenvalue weighted by molar-refractivity contribution is 7.89. The van der Waals surface area contributed by atoms with Crippen molar-refractivity contribution in [3.05, 3.63) is 29.3 Å². The largest absolute Gasteiger partial charge is 0.465 e. The molecule has 0 saturated carbocycles. The van der Waals surface area contributed by atoms with Gasteiger partial charge in [-0.15, -0.1) is 0 Å². The zero-order valence-corrected chi connectivity index (χ0v) is 12.3. The number of ether oxygens (including phenoxy) is 1. The molecule has 1 fully saturated rings. The van der Waals surface area contributed by atoms with Gasteiger partial charge < -0.3 is 10.1 Å². The molecular formula is C13H18N2O4S. The number of hydrogen-bond acceptors (Lipinski definition) is 5. The monoisotopic (exact) mass is 298 g/mol. The minimum Gasteiger partial charge on any atom is -0.465 e. The van der Waals surface area contributed by atoms with Gasteiger partial charge in [0.15, 0.2) is 0 Å². The first-order chi connectivity index (χ1) is 9.44. The van der Waals surface area contributed by atoms with Crippen molar-refractivity contribution >= 4 is 16.0 Å². The molecule has 110 valence electrons. The number of aryl methyl sites for hydroxylation is 1. The number of benzene rings is 1. The molecule has 0 aromatic heterocycles. The summed E-state index contributed by atoms with van der Waals surface area (Å²) in [6.45, 7) is 3.12. The second-order valence-corrected chi connectivity index (χ2v) is 6.47. The molecule has 1 atom stereocenters. The molecule has 0 aliphatic carbocycles. The predicted molar refractivity (Wildman–Crippen MR) is 74.1 cm³/mol. The molecule has 1 aliphatic rings. The van der Waals surface area contributed by atoms with Crippen molar-refractivity contribution in [3.8, 4) is 0 Å². The first-order valence-electron chi connectivity index (χ1n) is 6.36. The van der Waals surface area contributed by atoms with Gasteiger partial charge in [-0.2, -0.15) is 0 Å². The molecule has 0 bridgehead atoms. The number of nitrogens with one attached hydrogen (secondary N) is 2. The second-order valence-electron chi connectivity index (χ2n) is 4.78. The molecule has 20 heavy (non-hydrogen) atoms. The van der Waals surface area contributed by atoms with Gasteiger partial charge in [0, 0.05) is 12.6 Å². The Morgan fingerprint density at radius 1 is 1.45 bits per heavy atom. The lowest BCUT2D eigenvalue weighted by atomic mass is 10.1. The molecule has 2 rings (SSSR count). The van der Waals surface area contributed by atoms with Crippen LogP contribution in [-0.2, 0) is 14.8 Å². The van der Waals surface area contributed by atoms with Gasteiger partial charge in [0.2, 0.25) is 10.0 Å². The first-order valence-corrected chi connectivity index (χ1v) is 7.84. The van der Waals surface area contributed by atoms with E-state index >= 15 is 0 Å². The first kappa shape index (κ1) is 15.0. The van der Waals surface area contributed by atoms with Gasteiger partial charge in [-0.05, 0) is 37.6 Å². The lowest BCUT2D eigenvalue weighted by Gasteiger charge is -2.14. The minimum absolute atomic E-state index is 0.110. The van der Waals surface area contributed by atoms with Crippen LogP contribution in [0.4, 0.5) is 0 Å². The molecule has 2 N–H and O–H groups in total. The Kier molecular flexibility index (Phi) is 4.42. The van der Waals surface area contributed by atoms with E-state index in [1.165, 1.54) is 13.2 Å². The van der Waals surface area contributed by atoms with E-state index in [2.05, 4.69) is 14.8 Å². The van der Waals surface area contributed by atoms with Crippen molar-refractivity contribution in [3.63, 3.8) is 0 Å². The molecule has 1 saturated heterocycles. The maximum absolute atomic E-state index is 12.4. The van der Waals surface area contributed by atoms with Crippen LogP contribution < -0.4 is 10.0 Å². The summed E-state index contributed by atoms with van der Waals surface area (Å²) in [4.78, 5) is 11.6. The predicted octanol–water partition coefficient (Wildman–Crippen LogP) is 0.422. The van der Waals surface area contributed by atoms with E-state index in [-0.39, 0.29) is 16.5 Å². The summed E-state index contributed by atoms with van der Waals surface area (Å²) in [5.74, 6) is -0.552. The van der Waals surface area contributed by atoms with E-state index in [1.807, 2.05) is 0 Å². The Morgan fingerprint density at radius 3 is 2.80 bits per heavy atom. The van der Waals surface area contributed by atoms with Crippen molar-refractivity contribution in [1.82, 2.24) is 10.0 Å². The SMILES string of the molecule is COC(=O)c1ccc(C)c(S(=O)(=O)N[C@@H]2CCNC2)c1. The van der Waals surface area contributed by atoms with Crippen LogP contribution in [0.15, 0.2) is 23.1 Å². The Hall–Kier alpha value is -1.44. The zero-order chi connectivity index (χ0) is 14.8. The lowest BCUT2D eigenvalue weighted by Crippen LogP contribution is -2.36. The highest BCUT2D eigenvalue weighted by Gasteiger charge is 2.24. The van der Waals surface area contributed by atoms with Crippen LogP contribution in [-0.4, -0.2) is 40.6 Å². The van der Waals surface area contributed by atoms with Crippen LogP contribution in [0.2, 0.25) is 0 Å². The van der Waals surface area contributed by atoms with Gasteiger partial charge in [-0.1, -0.05) is 6.07 Å². The van der Waals surface area contributed by atoms with Crippen LogP contribution in [0.25, 0.3) is 0 Å². The topological polar surface area (TPSA) is 84.5 Å². The smallest absolute Gasteiger partial charge is 0.337 e. The summed E-state index contributed by atoms with van der Waals surface area (Å²) >= 11 is 0. The maximum Gasteiger partial charge on any atom is 0.337 e. The van der Waals surface area contributed by atoms with Crippen LogP contribution in [0, 0.1) is 6.92 Å². The number of carbonyl (C=O) groups is 1. The van der Waals surface area contributed by atoms with E-state index < -0.39 is 16.0 Å². The molecule has 0 radical (unpaired) electrons. The van der Waals surface area contributed by atoms with Gasteiger partial charge >= 0.3 is 5.97 Å². The van der Waals surface area contributed by atoms with E-state index in [9.17, 15) is 13.2 Å². The third kappa shape index (κ3) is 3.17. The molecule has 0 spiro atoms. The molecule has 7 heteroatoms. The Labute approximate surface area is 118 Å². The summed E-state index contributed by atoms with van der Waals surface area (Å²) in [6, 6.07) is 4.40. The van der Waals surface area contributed by atoms with Crippen molar-refractivity contribution in [1.29, 1.82) is 0 Å². The van der Waals surface area contributed by atoms with Crippen LogP contribution >= 0.6 is 0 Å². The molecule has 1 aromatic rings. The molecule has 1 aromatic carbocycles. The highest BCUT2D eigenvalue weighted by Crippen LogP contribution is 2.18.